The lowest BCUT2D eigenvalue weighted by atomic mass is 9.72. The van der Waals surface area contributed by atoms with Crippen molar-refractivity contribution in [2.75, 3.05) is 13.7 Å². The maximum atomic E-state index is 13.8. The van der Waals surface area contributed by atoms with Crippen LogP contribution in [0.1, 0.15) is 88.1 Å². The summed E-state index contributed by atoms with van der Waals surface area (Å²) in [7, 11) is 1.30. The molecule has 2 saturated heterocycles. The number of aliphatic hydroxyl groups excluding tert-OH is 2. The molecule has 2 aliphatic carbocycles. The number of likely N-dealkylation sites (tertiary alicyclic amines) is 1. The number of aromatic hydroxyl groups is 2. The van der Waals surface area contributed by atoms with Crippen LogP contribution >= 0.6 is 0 Å². The average molecular weight is 640 g/mol. The van der Waals surface area contributed by atoms with Crippen LogP contribution in [0.5, 0.6) is 17.2 Å². The van der Waals surface area contributed by atoms with Gasteiger partial charge in [-0.15, -0.1) is 0 Å². The van der Waals surface area contributed by atoms with Gasteiger partial charge in [0.25, 0.3) is 0 Å². The number of hydrogen-bond acceptors (Lipinski definition) is 13. The fraction of sp³-hybridized carbons (Fsp3) is 0.469. The van der Waals surface area contributed by atoms with Gasteiger partial charge in [-0.2, -0.15) is 0 Å². The van der Waals surface area contributed by atoms with Crippen molar-refractivity contribution >= 4 is 29.2 Å². The number of carbonyl (C=O) groups excluding carboxylic acids is 5. The van der Waals surface area contributed by atoms with E-state index < -0.39 is 107 Å². The molecule has 2 aliphatic heterocycles. The highest BCUT2D eigenvalue weighted by atomic mass is 16.7. The number of rotatable bonds is 6. The molecule has 5 N–H and O–H groups in total. The van der Waals surface area contributed by atoms with E-state index in [1.165, 1.54) is 32.2 Å². The minimum atomic E-state index is -2.34. The van der Waals surface area contributed by atoms with Gasteiger partial charge in [0.15, 0.2) is 17.9 Å². The summed E-state index contributed by atoms with van der Waals surface area (Å²) in [4.78, 5) is 66.7. The number of amides is 2. The van der Waals surface area contributed by atoms with E-state index in [0.717, 1.165) is 4.90 Å². The van der Waals surface area contributed by atoms with E-state index in [9.17, 15) is 49.5 Å². The van der Waals surface area contributed by atoms with Crippen LogP contribution in [0.15, 0.2) is 18.2 Å². The molecule has 0 spiro atoms. The number of phenolic OH excluding ortho intramolecular Hbond substituents is 2. The van der Waals surface area contributed by atoms with Crippen LogP contribution in [0, 0.1) is 0 Å². The van der Waals surface area contributed by atoms with Crippen LogP contribution in [-0.2, 0) is 30.3 Å². The van der Waals surface area contributed by atoms with E-state index in [1.807, 2.05) is 0 Å². The monoisotopic (exact) mass is 639 g/mol. The zero-order valence-electron chi connectivity index (χ0n) is 25.0. The Morgan fingerprint density at radius 1 is 1.04 bits per heavy atom. The van der Waals surface area contributed by atoms with E-state index in [-0.39, 0.29) is 47.3 Å². The lowest BCUT2D eigenvalue weighted by Crippen LogP contribution is -2.59. The Labute approximate surface area is 262 Å². The Morgan fingerprint density at radius 2 is 1.72 bits per heavy atom. The maximum absolute atomic E-state index is 13.8. The van der Waals surface area contributed by atoms with Crippen molar-refractivity contribution in [3.05, 3.63) is 51.6 Å². The number of benzene rings is 2. The molecule has 244 valence electrons. The number of ether oxygens (including phenoxy) is 3. The van der Waals surface area contributed by atoms with Crippen LogP contribution in [0.3, 0.4) is 0 Å². The molecular formula is C32H33NO13. The molecule has 2 aromatic carbocycles. The van der Waals surface area contributed by atoms with E-state index in [2.05, 4.69) is 0 Å². The maximum Gasteiger partial charge on any atom is 0.229 e. The molecule has 14 heteroatoms. The van der Waals surface area contributed by atoms with E-state index >= 15 is 0 Å². The lowest BCUT2D eigenvalue weighted by molar-refractivity contribution is -0.257. The molecule has 0 bridgehead atoms. The molecule has 46 heavy (non-hydrogen) atoms. The number of ketones is 3. The largest absolute Gasteiger partial charge is 0.507 e. The molecule has 6 atom stereocenters. The Balaban J connectivity index is 1.45. The number of methoxy groups -OCH3 is 1. The number of hydrogen-bond donors (Lipinski definition) is 5. The summed E-state index contributed by atoms with van der Waals surface area (Å²) in [5, 5.41) is 55.2. The van der Waals surface area contributed by atoms with Crippen molar-refractivity contribution in [3.8, 4) is 17.2 Å². The summed E-state index contributed by atoms with van der Waals surface area (Å²) in [5.74, 6) is -5.03. The zero-order chi connectivity index (χ0) is 33.2. The molecule has 2 heterocycles. The summed E-state index contributed by atoms with van der Waals surface area (Å²) in [6.45, 7) is 0.423. The van der Waals surface area contributed by atoms with E-state index in [0.29, 0.717) is 6.42 Å². The van der Waals surface area contributed by atoms with Gasteiger partial charge < -0.3 is 39.7 Å². The minimum absolute atomic E-state index is 0.0600. The number of aliphatic hydroxyl groups is 3. The number of nitrogens with zero attached hydrogens (tertiary/aromatic N) is 1. The van der Waals surface area contributed by atoms with Gasteiger partial charge >= 0.3 is 0 Å². The van der Waals surface area contributed by atoms with Gasteiger partial charge in [-0.05, 0) is 19.4 Å². The normalized spacial score (nSPS) is 29.2. The second-order valence-electron chi connectivity index (χ2n) is 12.1. The molecule has 0 radical (unpaired) electrons. The van der Waals surface area contributed by atoms with Crippen LogP contribution in [0.25, 0.3) is 0 Å². The standard InChI is InChI=1S/C32H33NO13/c1-13-27(38)16(33-20(36)7-4-8-21(33)37)9-22(45-13)46-18-11-32(43,19(35)12-34)10-15-24(18)31(42)26-25(29(15)40)28(39)14-5-3-6-17(44-2)23(14)30(26)41/h3,5-6,13,16,18,22,27,34,38,40,42-43H,4,7-12H2,1-2H3/t13-,16-,18-,22-,27+,32-/m0/s1. The number of piperidine rings is 1. The van der Waals surface area contributed by atoms with Gasteiger partial charge in [0.05, 0.1) is 42.0 Å². The van der Waals surface area contributed by atoms with Crippen molar-refractivity contribution < 1.29 is 63.7 Å². The van der Waals surface area contributed by atoms with Gasteiger partial charge in [0.2, 0.25) is 17.6 Å². The van der Waals surface area contributed by atoms with Crippen LogP contribution in [-0.4, -0.2) is 103 Å². The minimum Gasteiger partial charge on any atom is -0.507 e. The molecule has 14 nitrogen and oxygen atoms in total. The zero-order valence-corrected chi connectivity index (χ0v) is 25.0. The van der Waals surface area contributed by atoms with Crippen LogP contribution < -0.4 is 4.74 Å². The summed E-state index contributed by atoms with van der Waals surface area (Å²) < 4.78 is 17.3. The van der Waals surface area contributed by atoms with Gasteiger partial charge in [0, 0.05) is 48.8 Å². The fourth-order valence-corrected chi connectivity index (χ4v) is 7.09. The number of Topliss-reactive ketones (excluding diaryl/α,β-unsaturated/α-hetero) is 1. The Morgan fingerprint density at radius 3 is 2.37 bits per heavy atom. The average Bonchev–Trinajstić information content (AvgIpc) is 3.02. The molecule has 2 amide bonds. The van der Waals surface area contributed by atoms with E-state index in [1.54, 1.807) is 0 Å². The number of carbonyl (C=O) groups is 5. The van der Waals surface area contributed by atoms with Crippen LogP contribution in [0.4, 0.5) is 0 Å². The van der Waals surface area contributed by atoms with Gasteiger partial charge in [-0.3, -0.25) is 28.9 Å². The summed E-state index contributed by atoms with van der Waals surface area (Å²) in [6, 6.07) is 3.26. The quantitative estimate of drug-likeness (QED) is 0.184. The second-order valence-corrected chi connectivity index (χ2v) is 12.1. The summed E-state index contributed by atoms with van der Waals surface area (Å²) >= 11 is 0. The lowest BCUT2D eigenvalue weighted by Gasteiger charge is -2.45. The second kappa shape index (κ2) is 11.5. The summed E-state index contributed by atoms with van der Waals surface area (Å²) in [5.41, 5.74) is -4.08. The Hall–Kier alpha value is -4.21. The number of fused-ring (bicyclic) bond motifs is 3. The first kappa shape index (κ1) is 31.8. The highest BCUT2D eigenvalue weighted by molar-refractivity contribution is 6.31. The predicted molar refractivity (Wildman–Crippen MR) is 153 cm³/mol. The highest BCUT2D eigenvalue weighted by Crippen LogP contribution is 2.52. The fourth-order valence-electron chi connectivity index (χ4n) is 7.09. The molecule has 2 aromatic rings. The highest BCUT2D eigenvalue weighted by Gasteiger charge is 2.51. The molecule has 0 aromatic heterocycles. The van der Waals surface area contributed by atoms with E-state index in [4.69, 9.17) is 14.2 Å². The Kier molecular flexibility index (Phi) is 7.97. The predicted octanol–water partition coefficient (Wildman–Crippen LogP) is 0.582. The molecular weight excluding hydrogens is 606 g/mol. The van der Waals surface area contributed by atoms with Crippen molar-refractivity contribution in [2.24, 2.45) is 0 Å². The number of imide groups is 1. The third-order valence-corrected chi connectivity index (χ3v) is 9.38. The third-order valence-electron chi connectivity index (χ3n) is 9.38. The van der Waals surface area contributed by atoms with Gasteiger partial charge in [-0.25, -0.2) is 0 Å². The SMILES string of the molecule is COc1cccc2c1C(=O)c1c(O)c3c(c(O)c1C2=O)C[C@@](O)(C(=O)CO)C[C@@H]3O[C@H]1C[C@H](N2C(=O)CCCC2=O)[C@H](O)[C@H](C)O1. The summed E-state index contributed by atoms with van der Waals surface area (Å²) in [6.07, 6.45) is -5.82. The Bertz CT molecular complexity index is 1670. The topological polar surface area (TPSA) is 217 Å². The molecule has 6 rings (SSSR count). The first-order valence-electron chi connectivity index (χ1n) is 14.9. The van der Waals surface area contributed by atoms with Crippen molar-refractivity contribution in [1.29, 1.82) is 0 Å². The first-order chi connectivity index (χ1) is 21.8. The van der Waals surface area contributed by atoms with Gasteiger partial charge in [0.1, 0.15) is 35.6 Å². The van der Waals surface area contributed by atoms with Crippen molar-refractivity contribution in [1.82, 2.24) is 4.90 Å². The van der Waals surface area contributed by atoms with Crippen molar-refractivity contribution in [3.63, 3.8) is 0 Å². The van der Waals surface area contributed by atoms with Crippen LogP contribution in [0.2, 0.25) is 0 Å². The van der Waals surface area contributed by atoms with Crippen molar-refractivity contribution in [2.45, 2.75) is 81.7 Å². The third kappa shape index (κ3) is 4.79. The van der Waals surface area contributed by atoms with Gasteiger partial charge in [-0.1, -0.05) is 12.1 Å². The first-order valence-corrected chi connectivity index (χ1v) is 14.9. The molecule has 2 fully saturated rings. The molecule has 0 unspecified atom stereocenters. The number of phenols is 2. The smallest absolute Gasteiger partial charge is 0.229 e. The molecule has 4 aliphatic rings. The molecule has 0 saturated carbocycles.